The minimum Gasteiger partial charge on any atom is -0.507 e. The van der Waals surface area contributed by atoms with E-state index < -0.39 is 12.3 Å². The number of rotatable bonds is 7. The van der Waals surface area contributed by atoms with Gasteiger partial charge in [0.15, 0.2) is 0 Å². The van der Waals surface area contributed by atoms with E-state index in [0.29, 0.717) is 28.1 Å². The van der Waals surface area contributed by atoms with Crippen molar-refractivity contribution in [2.45, 2.75) is 59.2 Å². The van der Waals surface area contributed by atoms with E-state index in [4.69, 9.17) is 14.1 Å². The molecule has 0 aliphatic rings. The number of hydrogen-bond donors (Lipinski definition) is 1. The highest BCUT2D eigenvalue weighted by atomic mass is 16.3. The quantitative estimate of drug-likeness (QED) is 0.175. The molecule has 1 N–H and O–H groups in total. The van der Waals surface area contributed by atoms with Gasteiger partial charge in [0.25, 0.3) is 0 Å². The first-order valence-corrected chi connectivity index (χ1v) is 20.9. The fraction of sp³-hybridized carbons (Fsp3) is 0.158. The highest BCUT2D eigenvalue weighted by molar-refractivity contribution is 5.98. The van der Waals surface area contributed by atoms with Gasteiger partial charge in [-0.3, -0.25) is 9.55 Å². The average molecular weight is 797 g/mol. The van der Waals surface area contributed by atoms with E-state index in [1.54, 1.807) is 6.07 Å². The first-order valence-electron chi connectivity index (χ1n) is 22.4. The van der Waals surface area contributed by atoms with Crippen LogP contribution in [-0.4, -0.2) is 19.6 Å². The zero-order valence-electron chi connectivity index (χ0n) is 38.5. The largest absolute Gasteiger partial charge is 0.507 e. The molecule has 0 aliphatic heterocycles. The van der Waals surface area contributed by atoms with Crippen LogP contribution < -0.4 is 0 Å². The summed E-state index contributed by atoms with van der Waals surface area (Å²) in [6.45, 7) is 10.3. The second-order valence-electron chi connectivity index (χ2n) is 17.9. The molecule has 0 aliphatic carbocycles. The minimum absolute atomic E-state index is 0.118. The molecule has 0 spiro atoms. The Balaban J connectivity index is 1.36. The van der Waals surface area contributed by atoms with Gasteiger partial charge in [-0.2, -0.15) is 0 Å². The molecule has 0 bridgehead atoms. The molecule has 61 heavy (non-hydrogen) atoms. The lowest BCUT2D eigenvalue weighted by molar-refractivity contribution is 0.446. The standard InChI is InChI=1S/C57H51N3O/c1-37-30-41(38-18-11-8-12-19-38)26-27-51(37)60-52-25-17-24-47(53(52)59-55(60)48-35-46(56(2,3)4)36-49(54(48)61)57(5,6)7)44-31-43(40-22-15-10-16-23-40)32-45(33-44)50-34-42(28-29-58-50)39-20-13-9-14-21-39/h8-36,61H,1-7H3/i1D3. The van der Waals surface area contributed by atoms with E-state index in [9.17, 15) is 5.11 Å². The molecule has 9 rings (SSSR count). The summed E-state index contributed by atoms with van der Waals surface area (Å²) in [5, 5.41) is 12.4. The van der Waals surface area contributed by atoms with Crippen LogP contribution >= 0.6 is 0 Å². The molecular formula is C57H51N3O. The van der Waals surface area contributed by atoms with Crippen LogP contribution in [0.1, 0.15) is 62.3 Å². The molecule has 7 aromatic carbocycles. The van der Waals surface area contributed by atoms with Gasteiger partial charge < -0.3 is 5.11 Å². The van der Waals surface area contributed by atoms with Gasteiger partial charge in [0.1, 0.15) is 11.6 Å². The number of fused-ring (bicyclic) bond motifs is 1. The van der Waals surface area contributed by atoms with Crippen molar-refractivity contribution in [1.82, 2.24) is 14.5 Å². The van der Waals surface area contributed by atoms with Crippen LogP contribution in [0.4, 0.5) is 0 Å². The number of aromatic nitrogens is 3. The molecule has 0 saturated carbocycles. The Morgan fingerprint density at radius 2 is 1.11 bits per heavy atom. The number of benzene rings is 7. The number of pyridine rings is 1. The summed E-state index contributed by atoms with van der Waals surface area (Å²) >= 11 is 0. The maximum Gasteiger partial charge on any atom is 0.149 e. The van der Waals surface area contributed by atoms with Crippen molar-refractivity contribution in [1.29, 1.82) is 0 Å². The molecule has 0 amide bonds. The van der Waals surface area contributed by atoms with Gasteiger partial charge in [-0.05, 0) is 122 Å². The fourth-order valence-corrected chi connectivity index (χ4v) is 8.23. The van der Waals surface area contributed by atoms with Gasteiger partial charge in [0.05, 0.1) is 28.0 Å². The third-order valence-corrected chi connectivity index (χ3v) is 11.6. The normalized spacial score (nSPS) is 12.9. The topological polar surface area (TPSA) is 50.9 Å². The van der Waals surface area contributed by atoms with Crippen molar-refractivity contribution in [3.63, 3.8) is 0 Å². The van der Waals surface area contributed by atoms with Crippen LogP contribution in [0.15, 0.2) is 176 Å². The monoisotopic (exact) mass is 796 g/mol. The summed E-state index contributed by atoms with van der Waals surface area (Å²) < 4.78 is 28.7. The van der Waals surface area contributed by atoms with Gasteiger partial charge in [-0.15, -0.1) is 0 Å². The Labute approximate surface area is 364 Å². The third kappa shape index (κ3) is 7.66. The van der Waals surface area contributed by atoms with Crippen LogP contribution in [0.2, 0.25) is 0 Å². The van der Waals surface area contributed by atoms with E-state index in [1.807, 2.05) is 114 Å². The predicted molar refractivity (Wildman–Crippen MR) is 255 cm³/mol. The lowest BCUT2D eigenvalue weighted by Gasteiger charge is -2.27. The highest BCUT2D eigenvalue weighted by Crippen LogP contribution is 2.45. The molecule has 2 aromatic heterocycles. The second-order valence-corrected chi connectivity index (χ2v) is 17.9. The van der Waals surface area contributed by atoms with Crippen molar-refractivity contribution in [3.8, 4) is 78.6 Å². The van der Waals surface area contributed by atoms with Crippen molar-refractivity contribution < 1.29 is 9.22 Å². The van der Waals surface area contributed by atoms with Gasteiger partial charge in [0, 0.05) is 27.0 Å². The summed E-state index contributed by atoms with van der Waals surface area (Å²) in [5.41, 5.74) is 13.2. The van der Waals surface area contributed by atoms with Gasteiger partial charge >= 0.3 is 0 Å². The Morgan fingerprint density at radius 1 is 0.508 bits per heavy atom. The second kappa shape index (κ2) is 15.5. The van der Waals surface area contributed by atoms with E-state index >= 15 is 0 Å². The van der Waals surface area contributed by atoms with Gasteiger partial charge in [-0.25, -0.2) is 4.98 Å². The number of para-hydroxylation sites is 1. The first kappa shape index (κ1) is 35.9. The number of aromatic hydroxyl groups is 1. The third-order valence-electron chi connectivity index (χ3n) is 11.6. The van der Waals surface area contributed by atoms with E-state index in [-0.39, 0.29) is 16.7 Å². The molecule has 0 atom stereocenters. The van der Waals surface area contributed by atoms with Crippen LogP contribution in [-0.2, 0) is 10.8 Å². The van der Waals surface area contributed by atoms with Crippen molar-refractivity contribution in [2.24, 2.45) is 0 Å². The molecule has 0 fully saturated rings. The predicted octanol–water partition coefficient (Wildman–Crippen LogP) is 15.0. The summed E-state index contributed by atoms with van der Waals surface area (Å²) in [6.07, 6.45) is 1.86. The lowest BCUT2D eigenvalue weighted by atomic mass is 9.79. The SMILES string of the molecule is [2H]C([2H])([2H])c1cc(-c2ccccc2)ccc1-n1c(-c2cc(C(C)(C)C)cc(C(C)(C)C)c2O)nc2c(-c3cc(-c4ccccc4)cc(-c4cc(-c5ccccc5)ccn4)c3)cccc21. The van der Waals surface area contributed by atoms with Crippen molar-refractivity contribution >= 4 is 11.0 Å². The number of phenolic OH excluding ortho intramolecular Hbond substituents is 1. The summed E-state index contributed by atoms with van der Waals surface area (Å²) in [5.74, 6) is 0.568. The molecule has 0 unspecified atom stereocenters. The molecule has 300 valence electrons. The van der Waals surface area contributed by atoms with E-state index in [2.05, 4.69) is 102 Å². The van der Waals surface area contributed by atoms with Gasteiger partial charge in [-0.1, -0.05) is 157 Å². The van der Waals surface area contributed by atoms with Crippen LogP contribution in [0.5, 0.6) is 5.75 Å². The Morgan fingerprint density at radius 3 is 1.74 bits per heavy atom. The first-order chi connectivity index (χ1) is 30.5. The average Bonchev–Trinajstić information content (AvgIpc) is 3.68. The molecular weight excluding hydrogens is 743 g/mol. The van der Waals surface area contributed by atoms with Crippen LogP contribution in [0.25, 0.3) is 83.9 Å². The lowest BCUT2D eigenvalue weighted by Crippen LogP contribution is -2.17. The fourth-order valence-electron chi connectivity index (χ4n) is 8.23. The van der Waals surface area contributed by atoms with Gasteiger partial charge in [0.2, 0.25) is 0 Å². The smallest absolute Gasteiger partial charge is 0.149 e. The van der Waals surface area contributed by atoms with E-state index in [0.717, 1.165) is 66.9 Å². The van der Waals surface area contributed by atoms with E-state index in [1.165, 1.54) is 0 Å². The van der Waals surface area contributed by atoms with Crippen molar-refractivity contribution in [3.05, 3.63) is 193 Å². The molecule has 0 radical (unpaired) electrons. The zero-order valence-corrected chi connectivity index (χ0v) is 35.5. The number of phenols is 1. The highest BCUT2D eigenvalue weighted by Gasteiger charge is 2.29. The van der Waals surface area contributed by atoms with Crippen LogP contribution in [0, 0.1) is 6.85 Å². The molecule has 9 aromatic rings. The summed E-state index contributed by atoms with van der Waals surface area (Å²) in [7, 11) is 0. The van der Waals surface area contributed by atoms with Crippen LogP contribution in [0.3, 0.4) is 0 Å². The van der Waals surface area contributed by atoms with Crippen molar-refractivity contribution in [2.75, 3.05) is 0 Å². The number of imidazole rings is 1. The number of aryl methyl sites for hydroxylation is 1. The number of hydrogen-bond acceptors (Lipinski definition) is 3. The molecule has 4 nitrogen and oxygen atoms in total. The summed E-state index contributed by atoms with van der Waals surface area (Å²) in [4.78, 5) is 10.4. The molecule has 2 heterocycles. The number of nitrogens with zero attached hydrogens (tertiary/aromatic N) is 3. The maximum atomic E-state index is 12.4. The minimum atomic E-state index is -2.49. The Bertz CT molecular complexity index is 3160. The summed E-state index contributed by atoms with van der Waals surface area (Å²) in [6, 6.07) is 56.9. The molecule has 0 saturated heterocycles. The maximum absolute atomic E-state index is 12.4. The Hall–Kier alpha value is -7.04. The zero-order chi connectivity index (χ0) is 45.0. The Kier molecular flexibility index (Phi) is 9.13. The molecule has 4 heteroatoms.